The lowest BCUT2D eigenvalue weighted by atomic mass is 10.1. The predicted octanol–water partition coefficient (Wildman–Crippen LogP) is 6.96. The van der Waals surface area contributed by atoms with E-state index < -0.39 is 4.92 Å². The first kappa shape index (κ1) is 22.3. The number of non-ortho nitro benzene ring substituents is 1. The fraction of sp³-hybridized carbons (Fsp3) is 0. The molecule has 7 nitrogen and oxygen atoms in total. The van der Waals surface area contributed by atoms with Crippen LogP contribution >= 0.6 is 23.2 Å². The molecule has 1 heterocycles. The lowest BCUT2D eigenvalue weighted by molar-refractivity contribution is -0.384. The highest BCUT2D eigenvalue weighted by molar-refractivity contribution is 6.30. The molecule has 2 N–H and O–H groups in total. The Hall–Kier alpha value is -3.94. The van der Waals surface area contributed by atoms with E-state index in [0.717, 1.165) is 0 Å². The molecule has 0 atom stereocenters. The third kappa shape index (κ3) is 5.11. The van der Waals surface area contributed by atoms with E-state index in [9.17, 15) is 20.3 Å². The summed E-state index contributed by atoms with van der Waals surface area (Å²) in [5.74, 6) is -0.214. The van der Waals surface area contributed by atoms with Crippen LogP contribution < -0.4 is 0 Å². The maximum atomic E-state index is 11.2. The SMILES string of the molecule is O=[N+]([O-])c1ccc2nc(/C=C(\O)c3ccc(Cl)cc3)c(/C=C(\O)c3ccc(Cl)cc3)nc2c1. The van der Waals surface area contributed by atoms with E-state index in [1.54, 1.807) is 48.5 Å². The molecule has 0 aliphatic carbocycles. The number of hydrogen-bond acceptors (Lipinski definition) is 6. The van der Waals surface area contributed by atoms with Gasteiger partial charge in [0.2, 0.25) is 0 Å². The third-order valence-corrected chi connectivity index (χ3v) is 5.24. The monoisotopic (exact) mass is 479 g/mol. The van der Waals surface area contributed by atoms with Crippen molar-refractivity contribution in [3.8, 4) is 0 Å². The van der Waals surface area contributed by atoms with E-state index in [4.69, 9.17) is 23.2 Å². The number of halogens is 2. The van der Waals surface area contributed by atoms with E-state index in [-0.39, 0.29) is 34.1 Å². The molecule has 0 fully saturated rings. The molecule has 164 valence electrons. The summed E-state index contributed by atoms with van der Waals surface area (Å²) in [7, 11) is 0. The van der Waals surface area contributed by atoms with Gasteiger partial charge < -0.3 is 10.2 Å². The van der Waals surface area contributed by atoms with Crippen LogP contribution in [0.4, 0.5) is 5.69 Å². The fourth-order valence-electron chi connectivity index (χ4n) is 3.06. The zero-order valence-corrected chi connectivity index (χ0v) is 18.3. The van der Waals surface area contributed by atoms with Crippen LogP contribution in [-0.2, 0) is 0 Å². The average molecular weight is 480 g/mol. The molecular formula is C24H15Cl2N3O4. The molecule has 0 radical (unpaired) electrons. The maximum Gasteiger partial charge on any atom is 0.271 e. The van der Waals surface area contributed by atoms with Gasteiger partial charge in [-0.05, 0) is 54.6 Å². The molecule has 0 aliphatic heterocycles. The van der Waals surface area contributed by atoms with Gasteiger partial charge in [0.05, 0.1) is 27.3 Å². The number of nitrogens with zero attached hydrogens (tertiary/aromatic N) is 3. The summed E-state index contributed by atoms with van der Waals surface area (Å²) in [6, 6.07) is 17.2. The molecule has 4 rings (SSSR count). The molecular weight excluding hydrogens is 465 g/mol. The number of rotatable bonds is 5. The second-order valence-electron chi connectivity index (χ2n) is 7.00. The maximum absolute atomic E-state index is 11.2. The zero-order valence-electron chi connectivity index (χ0n) is 16.8. The Morgan fingerprint density at radius 3 is 1.67 bits per heavy atom. The first-order valence-corrected chi connectivity index (χ1v) is 10.3. The van der Waals surface area contributed by atoms with Crippen molar-refractivity contribution in [2.75, 3.05) is 0 Å². The summed E-state index contributed by atoms with van der Waals surface area (Å²) in [6.07, 6.45) is 2.77. The number of aliphatic hydroxyl groups excluding tert-OH is 2. The van der Waals surface area contributed by atoms with Crippen LogP contribution in [0.25, 0.3) is 34.7 Å². The summed E-state index contributed by atoms with van der Waals surface area (Å²) in [4.78, 5) is 19.6. The molecule has 0 saturated heterocycles. The van der Waals surface area contributed by atoms with Crippen molar-refractivity contribution in [1.82, 2.24) is 9.97 Å². The predicted molar refractivity (Wildman–Crippen MR) is 130 cm³/mol. The largest absolute Gasteiger partial charge is 0.507 e. The highest BCUT2D eigenvalue weighted by Crippen LogP contribution is 2.25. The van der Waals surface area contributed by atoms with E-state index in [1.165, 1.54) is 30.4 Å². The zero-order chi connectivity index (χ0) is 23.5. The fourth-order valence-corrected chi connectivity index (χ4v) is 3.31. The lowest BCUT2D eigenvalue weighted by Gasteiger charge is -2.07. The van der Waals surface area contributed by atoms with Crippen LogP contribution in [0.5, 0.6) is 0 Å². The average Bonchev–Trinajstić information content (AvgIpc) is 2.79. The Morgan fingerprint density at radius 1 is 0.758 bits per heavy atom. The van der Waals surface area contributed by atoms with Gasteiger partial charge in [-0.1, -0.05) is 23.2 Å². The standard InChI is InChI=1S/C24H15Cl2N3O4/c25-16-5-1-14(2-6-16)23(30)12-21-22(13-24(31)15-3-7-17(26)8-4-15)28-20-11-18(29(32)33)9-10-19(20)27-21/h1-13,30-31H/b23-12-,24-13-. The Morgan fingerprint density at radius 2 is 1.21 bits per heavy atom. The summed E-state index contributed by atoms with van der Waals surface area (Å²) in [5, 5.41) is 33.4. The van der Waals surface area contributed by atoms with Gasteiger partial charge in [-0.25, -0.2) is 9.97 Å². The molecule has 1 aromatic heterocycles. The number of benzene rings is 3. The van der Waals surface area contributed by atoms with Gasteiger partial charge in [0.15, 0.2) is 0 Å². The highest BCUT2D eigenvalue weighted by atomic mass is 35.5. The summed E-state index contributed by atoms with van der Waals surface area (Å²) < 4.78 is 0. The van der Waals surface area contributed by atoms with Gasteiger partial charge in [0.25, 0.3) is 5.69 Å². The molecule has 0 amide bonds. The quantitative estimate of drug-likeness (QED) is 0.182. The summed E-state index contributed by atoms with van der Waals surface area (Å²) in [5.41, 5.74) is 1.96. The Kier molecular flexibility index (Phi) is 6.26. The van der Waals surface area contributed by atoms with Crippen molar-refractivity contribution in [1.29, 1.82) is 0 Å². The normalized spacial score (nSPS) is 12.2. The van der Waals surface area contributed by atoms with Gasteiger partial charge in [-0.15, -0.1) is 0 Å². The van der Waals surface area contributed by atoms with Crippen molar-refractivity contribution in [2.45, 2.75) is 0 Å². The van der Waals surface area contributed by atoms with Crippen LogP contribution in [0.1, 0.15) is 22.5 Å². The molecule has 0 unspecified atom stereocenters. The van der Waals surface area contributed by atoms with Crippen molar-refractivity contribution in [3.63, 3.8) is 0 Å². The first-order valence-electron chi connectivity index (χ1n) is 9.59. The second-order valence-corrected chi connectivity index (χ2v) is 7.87. The Balaban J connectivity index is 1.87. The van der Waals surface area contributed by atoms with Gasteiger partial charge in [-0.3, -0.25) is 10.1 Å². The van der Waals surface area contributed by atoms with E-state index in [1.807, 2.05) is 0 Å². The molecule has 0 bridgehead atoms. The molecule has 3 aromatic carbocycles. The minimum absolute atomic E-state index is 0.0946. The van der Waals surface area contributed by atoms with Crippen molar-refractivity contribution in [2.24, 2.45) is 0 Å². The molecule has 0 aliphatic rings. The number of nitro benzene ring substituents is 1. The van der Waals surface area contributed by atoms with Crippen molar-refractivity contribution < 1.29 is 15.1 Å². The van der Waals surface area contributed by atoms with Crippen LogP contribution in [0.3, 0.4) is 0 Å². The number of aliphatic hydroxyl groups is 2. The van der Waals surface area contributed by atoms with E-state index >= 15 is 0 Å². The van der Waals surface area contributed by atoms with Gasteiger partial charge >= 0.3 is 0 Å². The topological polar surface area (TPSA) is 109 Å². The number of hydrogen-bond donors (Lipinski definition) is 2. The Bertz CT molecular complexity index is 1420. The van der Waals surface area contributed by atoms with E-state index in [0.29, 0.717) is 26.7 Å². The first-order chi connectivity index (χ1) is 15.8. The number of aromatic nitrogens is 2. The second kappa shape index (κ2) is 9.28. The lowest BCUT2D eigenvalue weighted by Crippen LogP contribution is -1.97. The van der Waals surface area contributed by atoms with E-state index in [2.05, 4.69) is 9.97 Å². The van der Waals surface area contributed by atoms with Gasteiger partial charge in [-0.2, -0.15) is 0 Å². The van der Waals surface area contributed by atoms with Crippen molar-refractivity contribution in [3.05, 3.63) is 109 Å². The molecule has 0 saturated carbocycles. The number of fused-ring (bicyclic) bond motifs is 1. The van der Waals surface area contributed by atoms with Crippen LogP contribution in [0.2, 0.25) is 10.0 Å². The minimum Gasteiger partial charge on any atom is -0.507 e. The smallest absolute Gasteiger partial charge is 0.271 e. The van der Waals surface area contributed by atoms with Crippen LogP contribution in [-0.4, -0.2) is 25.1 Å². The third-order valence-electron chi connectivity index (χ3n) is 4.74. The highest BCUT2D eigenvalue weighted by Gasteiger charge is 2.13. The summed E-state index contributed by atoms with van der Waals surface area (Å²) in [6.45, 7) is 0. The van der Waals surface area contributed by atoms with Crippen LogP contribution in [0, 0.1) is 10.1 Å². The molecule has 4 aromatic rings. The summed E-state index contributed by atoms with van der Waals surface area (Å²) >= 11 is 11.8. The molecule has 0 spiro atoms. The molecule has 33 heavy (non-hydrogen) atoms. The number of nitro groups is 1. The van der Waals surface area contributed by atoms with Gasteiger partial charge in [0.1, 0.15) is 11.5 Å². The minimum atomic E-state index is -0.526. The van der Waals surface area contributed by atoms with Gasteiger partial charge in [0, 0.05) is 45.5 Å². The molecule has 9 heteroatoms. The van der Waals surface area contributed by atoms with Crippen LogP contribution in [0.15, 0.2) is 66.7 Å². The Labute approximate surface area is 198 Å². The van der Waals surface area contributed by atoms with Crippen molar-refractivity contribution >= 4 is 63.6 Å².